The summed E-state index contributed by atoms with van der Waals surface area (Å²) in [6.07, 6.45) is 3.39. The first-order valence-corrected chi connectivity index (χ1v) is 11.0. The van der Waals surface area contributed by atoms with Crippen LogP contribution in [0, 0.1) is 0 Å². The van der Waals surface area contributed by atoms with E-state index in [4.69, 9.17) is 18.9 Å². The minimum Gasteiger partial charge on any atom is -0.497 e. The van der Waals surface area contributed by atoms with Crippen molar-refractivity contribution in [2.45, 2.75) is 25.2 Å². The van der Waals surface area contributed by atoms with Crippen molar-refractivity contribution >= 4 is 17.3 Å². The minimum atomic E-state index is -0.409. The summed E-state index contributed by atoms with van der Waals surface area (Å²) in [7, 11) is 4.81. The number of Topliss-reactive ketones (excluding diaryl/α,β-unsaturated/α-hetero) is 1. The van der Waals surface area contributed by atoms with Gasteiger partial charge in [-0.15, -0.1) is 0 Å². The van der Waals surface area contributed by atoms with Crippen LogP contribution in [0.2, 0.25) is 0 Å². The summed E-state index contributed by atoms with van der Waals surface area (Å²) in [6.45, 7) is 0. The van der Waals surface area contributed by atoms with Crippen LogP contribution in [0.1, 0.15) is 36.3 Å². The fourth-order valence-corrected chi connectivity index (χ4v) is 4.52. The average Bonchev–Trinajstić information content (AvgIpc) is 2.88. The molecule has 0 saturated heterocycles. The highest BCUT2D eigenvalue weighted by atomic mass is 16.5. The van der Waals surface area contributed by atoms with Crippen LogP contribution in [0.25, 0.3) is 0 Å². The van der Waals surface area contributed by atoms with E-state index < -0.39 is 5.92 Å². The van der Waals surface area contributed by atoms with Gasteiger partial charge in [0.05, 0.1) is 32.8 Å². The maximum atomic E-state index is 13.2. The first kappa shape index (κ1) is 21.8. The minimum absolute atomic E-state index is 0.0749. The summed E-state index contributed by atoms with van der Waals surface area (Å²) in [5.74, 6) is 3.31. The van der Waals surface area contributed by atoms with Crippen molar-refractivity contribution in [2.75, 3.05) is 26.6 Å². The number of ketones is 1. The normalized spacial score (nSPS) is 16.8. The number of benzene rings is 2. The predicted molar refractivity (Wildman–Crippen MR) is 126 cm³/mol. The predicted octanol–water partition coefficient (Wildman–Crippen LogP) is 4.78. The van der Waals surface area contributed by atoms with E-state index >= 15 is 0 Å². The Kier molecular flexibility index (Phi) is 5.79. The number of methoxy groups -OCH3 is 3. The molecular weight excluding hydrogens is 434 g/mol. The van der Waals surface area contributed by atoms with Crippen molar-refractivity contribution in [2.24, 2.45) is 0 Å². The second-order valence-electron chi connectivity index (χ2n) is 8.06. The van der Waals surface area contributed by atoms with Gasteiger partial charge in [-0.1, -0.05) is 6.07 Å². The van der Waals surface area contributed by atoms with Gasteiger partial charge in [0.25, 0.3) is 0 Å². The molecule has 5 rings (SSSR count). The smallest absolute Gasteiger partial charge is 0.228 e. The molecule has 2 aliphatic rings. The summed E-state index contributed by atoms with van der Waals surface area (Å²) >= 11 is 0. The summed E-state index contributed by atoms with van der Waals surface area (Å²) < 4.78 is 22.4. The number of hydrogen-bond acceptors (Lipinski definition) is 8. The number of carbonyl (C=O) groups is 1. The average molecular weight is 460 g/mol. The molecule has 8 nitrogen and oxygen atoms in total. The van der Waals surface area contributed by atoms with E-state index in [1.807, 2.05) is 42.5 Å². The van der Waals surface area contributed by atoms with E-state index in [0.717, 1.165) is 23.4 Å². The molecule has 1 atom stereocenters. The van der Waals surface area contributed by atoms with Gasteiger partial charge >= 0.3 is 0 Å². The molecule has 0 bridgehead atoms. The molecular formula is C26H25N3O5. The number of fused-ring (bicyclic) bond motifs is 1. The maximum absolute atomic E-state index is 13.2. The molecule has 0 radical (unpaired) electrons. The van der Waals surface area contributed by atoms with Crippen LogP contribution in [0.3, 0.4) is 0 Å². The summed E-state index contributed by atoms with van der Waals surface area (Å²) in [6, 6.07) is 13.2. The summed E-state index contributed by atoms with van der Waals surface area (Å²) in [5, 5.41) is 3.37. The van der Waals surface area contributed by atoms with Crippen molar-refractivity contribution in [3.8, 4) is 23.1 Å². The van der Waals surface area contributed by atoms with Crippen LogP contribution in [-0.4, -0.2) is 37.1 Å². The zero-order valence-electron chi connectivity index (χ0n) is 19.3. The number of allylic oxidation sites excluding steroid dienone is 2. The number of anilines is 2. The van der Waals surface area contributed by atoms with Crippen molar-refractivity contribution in [3.63, 3.8) is 0 Å². The van der Waals surface area contributed by atoms with Gasteiger partial charge in [-0.2, -0.15) is 0 Å². The lowest BCUT2D eigenvalue weighted by Gasteiger charge is -2.33. The molecule has 1 unspecified atom stereocenters. The van der Waals surface area contributed by atoms with E-state index in [9.17, 15) is 4.79 Å². The Hall–Kier alpha value is -4.07. The lowest BCUT2D eigenvalue weighted by atomic mass is 9.77. The van der Waals surface area contributed by atoms with Crippen LogP contribution in [0.4, 0.5) is 11.5 Å². The molecule has 0 fully saturated rings. The van der Waals surface area contributed by atoms with E-state index in [1.165, 1.54) is 6.33 Å². The van der Waals surface area contributed by atoms with Gasteiger partial charge in [-0.25, -0.2) is 9.97 Å². The Morgan fingerprint density at radius 1 is 0.941 bits per heavy atom. The maximum Gasteiger partial charge on any atom is 0.228 e. The van der Waals surface area contributed by atoms with Crippen molar-refractivity contribution in [3.05, 3.63) is 71.3 Å². The highest BCUT2D eigenvalue weighted by Crippen LogP contribution is 2.49. The van der Waals surface area contributed by atoms with E-state index in [0.29, 0.717) is 52.9 Å². The molecule has 0 saturated carbocycles. The van der Waals surface area contributed by atoms with Crippen molar-refractivity contribution < 1.29 is 23.7 Å². The molecule has 34 heavy (non-hydrogen) atoms. The Bertz CT molecular complexity index is 1270. The SMILES string of the molecule is COc1ccc(Nc2ncnc3c2C(c2ccc(OC)c(OC)c2)C2=C(CCCC2=O)O3)cc1. The lowest BCUT2D eigenvalue weighted by Crippen LogP contribution is -2.27. The van der Waals surface area contributed by atoms with E-state index in [1.54, 1.807) is 21.3 Å². The van der Waals surface area contributed by atoms with Crippen molar-refractivity contribution in [1.29, 1.82) is 0 Å². The molecule has 3 aromatic rings. The molecule has 1 aromatic heterocycles. The molecule has 1 aliphatic carbocycles. The molecule has 8 heteroatoms. The number of ether oxygens (including phenoxy) is 4. The Morgan fingerprint density at radius 3 is 2.47 bits per heavy atom. The number of nitrogens with one attached hydrogen (secondary N) is 1. The monoisotopic (exact) mass is 459 g/mol. The third-order valence-electron chi connectivity index (χ3n) is 6.15. The van der Waals surface area contributed by atoms with Gasteiger partial charge in [0.15, 0.2) is 17.3 Å². The number of rotatable bonds is 6. The third kappa shape index (κ3) is 3.81. The molecule has 2 heterocycles. The third-order valence-corrected chi connectivity index (χ3v) is 6.15. The number of nitrogens with zero attached hydrogens (tertiary/aromatic N) is 2. The summed E-state index contributed by atoms with van der Waals surface area (Å²) in [4.78, 5) is 22.1. The van der Waals surface area contributed by atoms with Crippen LogP contribution >= 0.6 is 0 Å². The first-order chi connectivity index (χ1) is 16.6. The van der Waals surface area contributed by atoms with E-state index in [-0.39, 0.29) is 5.78 Å². The summed E-state index contributed by atoms with van der Waals surface area (Å²) in [5.41, 5.74) is 3.05. The number of carbonyl (C=O) groups excluding carboxylic acids is 1. The Balaban J connectivity index is 1.66. The second-order valence-corrected chi connectivity index (χ2v) is 8.06. The van der Waals surface area contributed by atoms with Gasteiger partial charge in [-0.3, -0.25) is 4.79 Å². The van der Waals surface area contributed by atoms with Gasteiger partial charge in [-0.05, 0) is 48.4 Å². The fraction of sp³-hybridized carbons (Fsp3) is 0.269. The van der Waals surface area contributed by atoms with Crippen LogP contribution in [0.5, 0.6) is 23.1 Å². The molecule has 174 valence electrons. The lowest BCUT2D eigenvalue weighted by molar-refractivity contribution is -0.116. The van der Waals surface area contributed by atoms with Crippen molar-refractivity contribution in [1.82, 2.24) is 9.97 Å². The molecule has 2 aromatic carbocycles. The number of hydrogen-bond donors (Lipinski definition) is 1. The second kappa shape index (κ2) is 9.05. The quantitative estimate of drug-likeness (QED) is 0.563. The van der Waals surface area contributed by atoms with Gasteiger partial charge in [0.2, 0.25) is 5.88 Å². The Labute approximate surface area is 197 Å². The van der Waals surface area contributed by atoms with Crippen LogP contribution in [-0.2, 0) is 4.79 Å². The number of aromatic nitrogens is 2. The zero-order valence-corrected chi connectivity index (χ0v) is 19.3. The van der Waals surface area contributed by atoms with Gasteiger partial charge in [0.1, 0.15) is 23.7 Å². The molecule has 1 aliphatic heterocycles. The van der Waals surface area contributed by atoms with Gasteiger partial charge in [0, 0.05) is 24.1 Å². The largest absolute Gasteiger partial charge is 0.497 e. The van der Waals surface area contributed by atoms with Crippen LogP contribution < -0.4 is 24.3 Å². The highest BCUT2D eigenvalue weighted by molar-refractivity contribution is 6.00. The van der Waals surface area contributed by atoms with Crippen LogP contribution in [0.15, 0.2) is 60.1 Å². The first-order valence-electron chi connectivity index (χ1n) is 11.0. The molecule has 0 amide bonds. The zero-order chi connectivity index (χ0) is 23.7. The Morgan fingerprint density at radius 2 is 1.74 bits per heavy atom. The molecule has 1 N–H and O–H groups in total. The highest BCUT2D eigenvalue weighted by Gasteiger charge is 2.39. The topological polar surface area (TPSA) is 91.8 Å². The standard InChI is InChI=1S/C26H25N3O5/c1-31-17-10-8-16(9-11-17)29-25-24-22(15-7-12-19(32-2)21(13-15)33-3)23-18(30)5-4-6-20(23)34-26(24)28-14-27-25/h7-14,22H,4-6H2,1-3H3,(H,27,28,29). The van der Waals surface area contributed by atoms with Gasteiger partial charge < -0.3 is 24.3 Å². The fourth-order valence-electron chi connectivity index (χ4n) is 4.52. The molecule has 0 spiro atoms. The van der Waals surface area contributed by atoms with E-state index in [2.05, 4.69) is 15.3 Å².